The Morgan fingerprint density at radius 3 is 2.70 bits per heavy atom. The first kappa shape index (κ1) is 16.7. The second-order valence-electron chi connectivity index (χ2n) is 5.14. The van der Waals surface area contributed by atoms with Crippen molar-refractivity contribution in [2.75, 3.05) is 19.0 Å². The Bertz CT molecular complexity index is 457. The van der Waals surface area contributed by atoms with Crippen LogP contribution in [0.3, 0.4) is 0 Å². The van der Waals surface area contributed by atoms with Crippen LogP contribution in [0, 0.1) is 11.8 Å². The maximum atomic E-state index is 12.0. The molecule has 6 heteroatoms. The molecule has 1 unspecified atom stereocenters. The van der Waals surface area contributed by atoms with E-state index in [0.717, 1.165) is 6.42 Å². The number of nitrogens with one attached hydrogen (secondary N) is 1. The van der Waals surface area contributed by atoms with Crippen LogP contribution in [0.1, 0.15) is 36.4 Å². The van der Waals surface area contributed by atoms with E-state index in [1.165, 1.54) is 18.4 Å². The molecular weight excluding hydrogens is 276 g/mol. The first-order chi connectivity index (χ1) is 9.47. The van der Waals surface area contributed by atoms with Crippen molar-refractivity contribution < 1.29 is 14.3 Å². The largest absolute Gasteiger partial charge is 0.465 e. The lowest BCUT2D eigenvalue weighted by molar-refractivity contribution is -0.117. The molecular formula is C14H22N2O3S. The molecule has 1 atom stereocenters. The van der Waals surface area contributed by atoms with Gasteiger partial charge in [-0.2, -0.15) is 0 Å². The third-order valence-corrected chi connectivity index (χ3v) is 3.82. The lowest BCUT2D eigenvalue weighted by Gasteiger charge is -2.16. The highest BCUT2D eigenvalue weighted by Crippen LogP contribution is 2.24. The van der Waals surface area contributed by atoms with E-state index in [1.807, 2.05) is 0 Å². The van der Waals surface area contributed by atoms with Crippen molar-refractivity contribution >= 4 is 28.9 Å². The lowest BCUT2D eigenvalue weighted by Crippen LogP contribution is -2.23. The van der Waals surface area contributed by atoms with Crippen LogP contribution >= 0.6 is 11.3 Å². The molecule has 0 bridgehead atoms. The number of hydrogen-bond acceptors (Lipinski definition) is 5. The number of amides is 1. The first-order valence-corrected chi connectivity index (χ1v) is 7.51. The highest BCUT2D eigenvalue weighted by atomic mass is 32.1. The molecule has 3 N–H and O–H groups in total. The monoisotopic (exact) mass is 298 g/mol. The molecule has 1 aromatic rings. The number of esters is 1. The Hall–Kier alpha value is -1.40. The summed E-state index contributed by atoms with van der Waals surface area (Å²) in [6, 6.07) is 1.70. The van der Waals surface area contributed by atoms with Gasteiger partial charge in [-0.15, -0.1) is 11.3 Å². The number of ether oxygens (including phenoxy) is 1. The first-order valence-electron chi connectivity index (χ1n) is 6.63. The van der Waals surface area contributed by atoms with Crippen LogP contribution in [0.15, 0.2) is 11.4 Å². The molecule has 0 radical (unpaired) electrons. The fourth-order valence-corrected chi connectivity index (χ4v) is 2.82. The average molecular weight is 298 g/mol. The van der Waals surface area contributed by atoms with Crippen LogP contribution in [0.2, 0.25) is 0 Å². The zero-order chi connectivity index (χ0) is 15.1. The molecule has 0 aliphatic carbocycles. The Labute approximate surface area is 123 Å². The van der Waals surface area contributed by atoms with Crippen molar-refractivity contribution in [3.05, 3.63) is 16.3 Å². The summed E-state index contributed by atoms with van der Waals surface area (Å²) >= 11 is 1.25. The van der Waals surface area contributed by atoms with Gasteiger partial charge in [0.05, 0.1) is 12.8 Å². The number of hydrogen-bond donors (Lipinski definition) is 2. The van der Waals surface area contributed by atoms with Crippen molar-refractivity contribution in [2.45, 2.75) is 26.7 Å². The van der Waals surface area contributed by atoms with Crippen molar-refractivity contribution in [1.82, 2.24) is 0 Å². The number of rotatable bonds is 7. The zero-order valence-electron chi connectivity index (χ0n) is 12.1. The Morgan fingerprint density at radius 2 is 2.15 bits per heavy atom. The average Bonchev–Trinajstić information content (AvgIpc) is 2.84. The van der Waals surface area contributed by atoms with Gasteiger partial charge < -0.3 is 15.8 Å². The van der Waals surface area contributed by atoms with E-state index in [-0.39, 0.29) is 11.8 Å². The molecule has 112 valence electrons. The Balaban J connectivity index is 2.62. The van der Waals surface area contributed by atoms with Gasteiger partial charge in [-0.1, -0.05) is 13.8 Å². The van der Waals surface area contributed by atoms with Gasteiger partial charge in [-0.3, -0.25) is 4.79 Å². The van der Waals surface area contributed by atoms with Gasteiger partial charge in [0.15, 0.2) is 0 Å². The van der Waals surface area contributed by atoms with E-state index in [2.05, 4.69) is 23.9 Å². The summed E-state index contributed by atoms with van der Waals surface area (Å²) in [6.07, 6.45) is 1.28. The van der Waals surface area contributed by atoms with E-state index in [9.17, 15) is 9.59 Å². The van der Waals surface area contributed by atoms with Gasteiger partial charge in [-0.05, 0) is 36.2 Å². The standard InChI is InChI=1S/C14H22N2O3S/c1-9(2)6-10(8-15)7-12(17)16-11-4-5-20-13(11)14(18)19-3/h4-5,9-10H,6-8,15H2,1-3H3,(H,16,17). The van der Waals surface area contributed by atoms with Gasteiger partial charge in [-0.25, -0.2) is 4.79 Å². The van der Waals surface area contributed by atoms with Crippen LogP contribution in [-0.2, 0) is 9.53 Å². The van der Waals surface area contributed by atoms with Crippen LogP contribution in [0.4, 0.5) is 5.69 Å². The number of methoxy groups -OCH3 is 1. The minimum absolute atomic E-state index is 0.121. The van der Waals surface area contributed by atoms with Crippen molar-refractivity contribution in [1.29, 1.82) is 0 Å². The summed E-state index contributed by atoms with van der Waals surface area (Å²) in [7, 11) is 1.32. The normalized spacial score (nSPS) is 12.2. The Kier molecular flexibility index (Phi) is 6.67. The molecule has 1 aromatic heterocycles. The maximum Gasteiger partial charge on any atom is 0.350 e. The van der Waals surface area contributed by atoms with Crippen LogP contribution in [0.5, 0.6) is 0 Å². The smallest absolute Gasteiger partial charge is 0.350 e. The van der Waals surface area contributed by atoms with E-state index in [1.54, 1.807) is 11.4 Å². The Morgan fingerprint density at radius 1 is 1.45 bits per heavy atom. The summed E-state index contributed by atoms with van der Waals surface area (Å²) in [5.41, 5.74) is 6.20. The minimum atomic E-state index is -0.437. The molecule has 0 fully saturated rings. The SMILES string of the molecule is COC(=O)c1sccc1NC(=O)CC(CN)CC(C)C. The molecule has 1 rings (SSSR count). The van der Waals surface area contributed by atoms with Gasteiger partial charge in [0.2, 0.25) is 5.91 Å². The molecule has 0 spiro atoms. The fourth-order valence-electron chi connectivity index (χ4n) is 2.05. The number of nitrogens with two attached hydrogens (primary N) is 1. The maximum absolute atomic E-state index is 12.0. The molecule has 0 aliphatic heterocycles. The van der Waals surface area contributed by atoms with Crippen LogP contribution < -0.4 is 11.1 Å². The van der Waals surface area contributed by atoms with E-state index in [0.29, 0.717) is 29.4 Å². The molecule has 0 aromatic carbocycles. The van der Waals surface area contributed by atoms with Crippen LogP contribution in [0.25, 0.3) is 0 Å². The topological polar surface area (TPSA) is 81.4 Å². The number of anilines is 1. The van der Waals surface area contributed by atoms with E-state index in [4.69, 9.17) is 5.73 Å². The van der Waals surface area contributed by atoms with Crippen LogP contribution in [-0.4, -0.2) is 25.5 Å². The molecule has 5 nitrogen and oxygen atoms in total. The second kappa shape index (κ2) is 8.01. The third-order valence-electron chi connectivity index (χ3n) is 2.92. The molecule has 0 saturated carbocycles. The number of carbonyl (C=O) groups is 2. The zero-order valence-corrected chi connectivity index (χ0v) is 13.0. The van der Waals surface area contributed by atoms with E-state index < -0.39 is 5.97 Å². The van der Waals surface area contributed by atoms with Gasteiger partial charge in [0.25, 0.3) is 0 Å². The summed E-state index contributed by atoms with van der Waals surface area (Å²) in [4.78, 5) is 23.9. The predicted octanol–water partition coefficient (Wildman–Crippen LogP) is 2.48. The molecule has 1 heterocycles. The van der Waals surface area contributed by atoms with Gasteiger partial charge >= 0.3 is 5.97 Å². The quantitative estimate of drug-likeness (QED) is 0.758. The van der Waals surface area contributed by atoms with Gasteiger partial charge in [0.1, 0.15) is 4.88 Å². The van der Waals surface area contributed by atoms with Gasteiger partial charge in [0, 0.05) is 6.42 Å². The predicted molar refractivity (Wildman–Crippen MR) is 80.9 cm³/mol. The van der Waals surface area contributed by atoms with E-state index >= 15 is 0 Å². The fraction of sp³-hybridized carbons (Fsp3) is 0.571. The highest BCUT2D eigenvalue weighted by Gasteiger charge is 2.18. The summed E-state index contributed by atoms with van der Waals surface area (Å²) in [5.74, 6) is 0.107. The summed E-state index contributed by atoms with van der Waals surface area (Å²) in [6.45, 7) is 4.70. The molecule has 0 saturated heterocycles. The molecule has 20 heavy (non-hydrogen) atoms. The third kappa shape index (κ3) is 4.94. The lowest BCUT2D eigenvalue weighted by atomic mass is 9.94. The van der Waals surface area contributed by atoms with Crippen molar-refractivity contribution in [3.8, 4) is 0 Å². The van der Waals surface area contributed by atoms with Crippen molar-refractivity contribution in [3.63, 3.8) is 0 Å². The summed E-state index contributed by atoms with van der Waals surface area (Å²) in [5, 5.41) is 4.51. The highest BCUT2D eigenvalue weighted by molar-refractivity contribution is 7.12. The minimum Gasteiger partial charge on any atom is -0.465 e. The second-order valence-corrected chi connectivity index (χ2v) is 6.05. The molecule has 1 amide bonds. The molecule has 0 aliphatic rings. The number of thiophene rings is 1. The number of carbonyl (C=O) groups excluding carboxylic acids is 2. The van der Waals surface area contributed by atoms with Crippen molar-refractivity contribution in [2.24, 2.45) is 17.6 Å². The summed E-state index contributed by atoms with van der Waals surface area (Å²) < 4.78 is 4.67.